The molecular formula is C13H26N2O. The predicted molar refractivity (Wildman–Crippen MR) is 66.4 cm³/mol. The Morgan fingerprint density at radius 3 is 2.69 bits per heavy atom. The van der Waals surface area contributed by atoms with Crippen LogP contribution in [0.4, 0.5) is 0 Å². The van der Waals surface area contributed by atoms with Crippen molar-refractivity contribution in [2.24, 2.45) is 11.7 Å². The van der Waals surface area contributed by atoms with Crippen LogP contribution >= 0.6 is 0 Å². The summed E-state index contributed by atoms with van der Waals surface area (Å²) in [6, 6.07) is 0.902. The number of hydrogen-bond acceptors (Lipinski definition) is 3. The van der Waals surface area contributed by atoms with E-state index in [9.17, 15) is 0 Å². The maximum atomic E-state index is 6.34. The number of nitrogens with two attached hydrogens (primary N) is 1. The Labute approximate surface area is 99.3 Å². The molecule has 1 aliphatic heterocycles. The minimum Gasteiger partial charge on any atom is -0.376 e. The molecule has 1 saturated carbocycles. The highest BCUT2D eigenvalue weighted by atomic mass is 16.5. The third-order valence-corrected chi connectivity index (χ3v) is 4.19. The number of ether oxygens (including phenoxy) is 1. The molecule has 1 heterocycles. The van der Waals surface area contributed by atoms with Crippen LogP contribution < -0.4 is 5.73 Å². The topological polar surface area (TPSA) is 38.5 Å². The number of hydrogen-bond donors (Lipinski definition) is 1. The van der Waals surface area contributed by atoms with Crippen LogP contribution in [0.2, 0.25) is 0 Å². The van der Waals surface area contributed by atoms with Gasteiger partial charge < -0.3 is 10.5 Å². The van der Waals surface area contributed by atoms with Gasteiger partial charge in [-0.05, 0) is 32.6 Å². The molecule has 0 radical (unpaired) electrons. The molecule has 2 fully saturated rings. The third-order valence-electron chi connectivity index (χ3n) is 4.19. The van der Waals surface area contributed by atoms with Crippen LogP contribution in [-0.4, -0.2) is 42.8 Å². The van der Waals surface area contributed by atoms with Crippen LogP contribution in [0.3, 0.4) is 0 Å². The molecule has 94 valence electrons. The first kappa shape index (κ1) is 12.3. The molecule has 0 amide bonds. The Kier molecular flexibility index (Phi) is 4.22. The minimum atomic E-state index is 0.368. The Bertz CT molecular complexity index is 216. The SMILES string of the molecule is CC1CN(CC(N)C2CCCC2)C(C)CO1. The largest absolute Gasteiger partial charge is 0.376 e. The summed E-state index contributed by atoms with van der Waals surface area (Å²) >= 11 is 0. The van der Waals surface area contributed by atoms with Crippen LogP contribution in [0.1, 0.15) is 39.5 Å². The average Bonchev–Trinajstić information content (AvgIpc) is 2.76. The van der Waals surface area contributed by atoms with E-state index in [0.29, 0.717) is 18.2 Å². The van der Waals surface area contributed by atoms with E-state index in [-0.39, 0.29) is 0 Å². The van der Waals surface area contributed by atoms with Gasteiger partial charge in [0.15, 0.2) is 0 Å². The van der Waals surface area contributed by atoms with Crippen molar-refractivity contribution in [3.63, 3.8) is 0 Å². The van der Waals surface area contributed by atoms with Gasteiger partial charge in [0.05, 0.1) is 12.7 Å². The maximum absolute atomic E-state index is 6.34. The third kappa shape index (κ3) is 2.96. The molecule has 2 N–H and O–H groups in total. The monoisotopic (exact) mass is 226 g/mol. The van der Waals surface area contributed by atoms with Gasteiger partial charge in [-0.3, -0.25) is 4.90 Å². The first-order valence-corrected chi connectivity index (χ1v) is 6.78. The molecule has 3 atom stereocenters. The first-order valence-electron chi connectivity index (χ1n) is 6.78. The lowest BCUT2D eigenvalue weighted by Crippen LogP contribution is -2.52. The zero-order valence-electron chi connectivity index (χ0n) is 10.7. The van der Waals surface area contributed by atoms with E-state index in [2.05, 4.69) is 18.7 Å². The Hall–Kier alpha value is -0.120. The normalized spacial score (nSPS) is 35.4. The zero-order chi connectivity index (χ0) is 11.5. The predicted octanol–water partition coefficient (Wildman–Crippen LogP) is 1.61. The van der Waals surface area contributed by atoms with E-state index >= 15 is 0 Å². The Balaban J connectivity index is 1.82. The average molecular weight is 226 g/mol. The summed E-state index contributed by atoms with van der Waals surface area (Å²) in [5.74, 6) is 0.769. The van der Waals surface area contributed by atoms with Crippen LogP contribution in [0.15, 0.2) is 0 Å². The van der Waals surface area contributed by atoms with Crippen molar-refractivity contribution < 1.29 is 4.74 Å². The van der Waals surface area contributed by atoms with Gasteiger partial charge in [-0.15, -0.1) is 0 Å². The van der Waals surface area contributed by atoms with E-state index < -0.39 is 0 Å². The highest BCUT2D eigenvalue weighted by molar-refractivity contribution is 4.84. The van der Waals surface area contributed by atoms with Gasteiger partial charge in [0.25, 0.3) is 0 Å². The highest BCUT2D eigenvalue weighted by Crippen LogP contribution is 2.27. The van der Waals surface area contributed by atoms with Crippen LogP contribution in [-0.2, 0) is 4.74 Å². The Morgan fingerprint density at radius 2 is 2.00 bits per heavy atom. The maximum Gasteiger partial charge on any atom is 0.0674 e. The van der Waals surface area contributed by atoms with Gasteiger partial charge in [-0.25, -0.2) is 0 Å². The molecule has 2 aliphatic rings. The highest BCUT2D eigenvalue weighted by Gasteiger charge is 2.28. The molecule has 3 unspecified atom stereocenters. The van der Waals surface area contributed by atoms with Crippen molar-refractivity contribution >= 4 is 0 Å². The lowest BCUT2D eigenvalue weighted by molar-refractivity contribution is -0.0524. The lowest BCUT2D eigenvalue weighted by Gasteiger charge is -2.39. The summed E-state index contributed by atoms with van der Waals surface area (Å²) in [6.07, 6.45) is 5.82. The van der Waals surface area contributed by atoms with Gasteiger partial charge in [0.2, 0.25) is 0 Å². The summed E-state index contributed by atoms with van der Waals surface area (Å²) in [5.41, 5.74) is 6.34. The second kappa shape index (κ2) is 5.48. The number of rotatable bonds is 3. The molecule has 2 rings (SSSR count). The van der Waals surface area contributed by atoms with E-state index in [0.717, 1.165) is 25.6 Å². The van der Waals surface area contributed by atoms with E-state index in [1.165, 1.54) is 25.7 Å². The summed E-state index contributed by atoms with van der Waals surface area (Å²) in [5, 5.41) is 0. The molecule has 3 heteroatoms. The smallest absolute Gasteiger partial charge is 0.0674 e. The summed E-state index contributed by atoms with van der Waals surface area (Å²) in [6.45, 7) is 7.35. The summed E-state index contributed by atoms with van der Waals surface area (Å²) in [4.78, 5) is 2.51. The first-order chi connectivity index (χ1) is 7.66. The Morgan fingerprint density at radius 1 is 1.31 bits per heavy atom. The fraction of sp³-hybridized carbons (Fsp3) is 1.00. The van der Waals surface area contributed by atoms with Gasteiger partial charge in [-0.2, -0.15) is 0 Å². The second-order valence-corrected chi connectivity index (χ2v) is 5.66. The summed E-state index contributed by atoms with van der Waals surface area (Å²) < 4.78 is 5.64. The van der Waals surface area contributed by atoms with Crippen molar-refractivity contribution in [3.8, 4) is 0 Å². The van der Waals surface area contributed by atoms with Crippen molar-refractivity contribution in [2.45, 2.75) is 57.7 Å². The molecule has 0 aromatic carbocycles. The molecule has 0 bridgehead atoms. The van der Waals surface area contributed by atoms with Gasteiger partial charge in [0.1, 0.15) is 0 Å². The molecular weight excluding hydrogens is 200 g/mol. The molecule has 1 aliphatic carbocycles. The van der Waals surface area contributed by atoms with Crippen LogP contribution in [0, 0.1) is 5.92 Å². The minimum absolute atomic E-state index is 0.368. The second-order valence-electron chi connectivity index (χ2n) is 5.66. The molecule has 0 aromatic rings. The number of nitrogens with zero attached hydrogens (tertiary/aromatic N) is 1. The van der Waals surface area contributed by atoms with E-state index in [1.54, 1.807) is 0 Å². The zero-order valence-corrected chi connectivity index (χ0v) is 10.7. The van der Waals surface area contributed by atoms with E-state index in [1.807, 2.05) is 0 Å². The van der Waals surface area contributed by atoms with Crippen molar-refractivity contribution in [3.05, 3.63) is 0 Å². The molecule has 3 nitrogen and oxygen atoms in total. The van der Waals surface area contributed by atoms with Crippen molar-refractivity contribution in [2.75, 3.05) is 19.7 Å². The quantitative estimate of drug-likeness (QED) is 0.794. The molecule has 16 heavy (non-hydrogen) atoms. The van der Waals surface area contributed by atoms with Crippen LogP contribution in [0.25, 0.3) is 0 Å². The summed E-state index contributed by atoms with van der Waals surface area (Å²) in [7, 11) is 0. The molecule has 0 aromatic heterocycles. The van der Waals surface area contributed by atoms with Gasteiger partial charge >= 0.3 is 0 Å². The standard InChI is InChI=1S/C13H26N2O/c1-10-9-16-11(2)7-15(10)8-13(14)12-5-3-4-6-12/h10-13H,3-9,14H2,1-2H3. The van der Waals surface area contributed by atoms with E-state index in [4.69, 9.17) is 10.5 Å². The molecule has 1 saturated heterocycles. The van der Waals surface area contributed by atoms with Crippen molar-refractivity contribution in [1.82, 2.24) is 4.90 Å². The molecule has 0 spiro atoms. The fourth-order valence-electron chi connectivity index (χ4n) is 3.03. The lowest BCUT2D eigenvalue weighted by atomic mass is 9.97. The van der Waals surface area contributed by atoms with Gasteiger partial charge in [0, 0.05) is 25.2 Å². The number of morpholine rings is 1. The fourth-order valence-corrected chi connectivity index (χ4v) is 3.03. The van der Waals surface area contributed by atoms with Crippen molar-refractivity contribution in [1.29, 1.82) is 0 Å². The van der Waals surface area contributed by atoms with Crippen LogP contribution in [0.5, 0.6) is 0 Å². The van der Waals surface area contributed by atoms with Gasteiger partial charge in [-0.1, -0.05) is 12.8 Å².